The quantitative estimate of drug-likeness (QED) is 0.180. The molecule has 4 aromatic rings. The van der Waals surface area contributed by atoms with Gasteiger partial charge < -0.3 is 0 Å². The lowest BCUT2D eigenvalue weighted by molar-refractivity contribution is 1.04. The molecule has 0 atom stereocenters. The summed E-state index contributed by atoms with van der Waals surface area (Å²) in [6, 6.07) is 39.0. The molecule has 0 unspecified atom stereocenters. The molecule has 43 heavy (non-hydrogen) atoms. The molecular weight excluding hydrogens is 516 g/mol. The van der Waals surface area contributed by atoms with Crippen LogP contribution in [0.1, 0.15) is 67.0 Å². The van der Waals surface area contributed by atoms with Crippen molar-refractivity contribution in [2.24, 2.45) is 0 Å². The summed E-state index contributed by atoms with van der Waals surface area (Å²) < 4.78 is 0. The standard InChI is InChI=1S/C43H40/c1-5-21-37(33-24-13-10-14-25-33)36(8-4)39-27-16-18-29-41(39)43-31-20-19-30-42(43)40-28-17-15-26-38(40)35(7-3)34(6-2)32-22-11-9-12-23-32/h5-18,21-31H,1,19-20H2,2-4H3/b34-6-,35-7+,36-8+,37-21-. The van der Waals surface area contributed by atoms with Crippen LogP contribution in [-0.2, 0) is 0 Å². The fourth-order valence-electron chi connectivity index (χ4n) is 6.18. The lowest BCUT2D eigenvalue weighted by atomic mass is 9.79. The van der Waals surface area contributed by atoms with Gasteiger partial charge in [-0.15, -0.1) is 0 Å². The molecule has 0 fully saturated rings. The highest BCUT2D eigenvalue weighted by atomic mass is 14.3. The zero-order valence-electron chi connectivity index (χ0n) is 25.6. The van der Waals surface area contributed by atoms with Gasteiger partial charge in [-0.1, -0.05) is 158 Å². The number of rotatable bonds is 9. The van der Waals surface area contributed by atoms with Crippen LogP contribution in [0.2, 0.25) is 0 Å². The van der Waals surface area contributed by atoms with E-state index in [0.717, 1.165) is 12.8 Å². The highest BCUT2D eigenvalue weighted by Gasteiger charge is 2.22. The fourth-order valence-corrected chi connectivity index (χ4v) is 6.18. The van der Waals surface area contributed by atoms with Gasteiger partial charge in [0.1, 0.15) is 0 Å². The Balaban J connectivity index is 1.64. The van der Waals surface area contributed by atoms with Crippen molar-refractivity contribution in [1.82, 2.24) is 0 Å². The van der Waals surface area contributed by atoms with E-state index in [9.17, 15) is 0 Å². The van der Waals surface area contributed by atoms with Crippen LogP contribution in [0.4, 0.5) is 0 Å². The predicted octanol–water partition coefficient (Wildman–Crippen LogP) is 12.1. The summed E-state index contributed by atoms with van der Waals surface area (Å²) in [4.78, 5) is 0. The maximum atomic E-state index is 4.04. The van der Waals surface area contributed by atoms with Crippen molar-refractivity contribution in [3.8, 4) is 0 Å². The molecule has 212 valence electrons. The first-order valence-electron chi connectivity index (χ1n) is 15.2. The molecule has 0 saturated heterocycles. The van der Waals surface area contributed by atoms with Crippen LogP contribution in [0.15, 0.2) is 158 Å². The Kier molecular flexibility index (Phi) is 9.82. The highest BCUT2D eigenvalue weighted by Crippen LogP contribution is 2.44. The lowest BCUT2D eigenvalue weighted by Crippen LogP contribution is -2.03. The van der Waals surface area contributed by atoms with Crippen LogP contribution >= 0.6 is 0 Å². The SMILES string of the molecule is C=C/C=C(\C(=C/C)c1ccccc1C1=CCCC=C1c1ccccc1C(=C/C)/C(=C\C)c1ccccc1)c1ccccc1. The molecule has 0 heteroatoms. The summed E-state index contributed by atoms with van der Waals surface area (Å²) in [7, 11) is 0. The minimum atomic E-state index is 1.02. The minimum absolute atomic E-state index is 1.02. The van der Waals surface area contributed by atoms with E-state index in [-0.39, 0.29) is 0 Å². The molecule has 4 aromatic carbocycles. The molecule has 0 saturated carbocycles. The second kappa shape index (κ2) is 14.3. The Morgan fingerprint density at radius 2 is 0.884 bits per heavy atom. The summed E-state index contributed by atoms with van der Waals surface area (Å²) in [5, 5.41) is 0. The summed E-state index contributed by atoms with van der Waals surface area (Å²) >= 11 is 0. The van der Waals surface area contributed by atoms with E-state index in [1.807, 2.05) is 6.08 Å². The smallest absolute Gasteiger partial charge is 0.0102 e. The number of allylic oxidation sites excluding steroid dienone is 13. The summed E-state index contributed by atoms with van der Waals surface area (Å²) in [6.07, 6.45) is 17.7. The average molecular weight is 557 g/mol. The van der Waals surface area contributed by atoms with Gasteiger partial charge in [0.2, 0.25) is 0 Å². The molecule has 0 nitrogen and oxygen atoms in total. The molecule has 0 bridgehead atoms. The lowest BCUT2D eigenvalue weighted by Gasteiger charge is -2.24. The second-order valence-electron chi connectivity index (χ2n) is 10.6. The van der Waals surface area contributed by atoms with Gasteiger partial charge in [0, 0.05) is 0 Å². The van der Waals surface area contributed by atoms with Crippen molar-refractivity contribution >= 4 is 33.4 Å². The average Bonchev–Trinajstić information content (AvgIpc) is 3.08. The van der Waals surface area contributed by atoms with Crippen molar-refractivity contribution in [3.63, 3.8) is 0 Å². The molecular formula is C43H40. The molecule has 0 aromatic heterocycles. The van der Waals surface area contributed by atoms with Gasteiger partial charge in [-0.3, -0.25) is 0 Å². The summed E-state index contributed by atoms with van der Waals surface area (Å²) in [5.41, 5.74) is 14.8. The van der Waals surface area contributed by atoms with Gasteiger partial charge in [0.05, 0.1) is 0 Å². The molecule has 0 spiro atoms. The Bertz CT molecular complexity index is 1770. The molecule has 5 rings (SSSR count). The molecule has 1 aliphatic carbocycles. The maximum absolute atomic E-state index is 4.04. The third kappa shape index (κ3) is 6.30. The fraction of sp³-hybridized carbons (Fsp3) is 0.116. The molecule has 0 amide bonds. The van der Waals surface area contributed by atoms with Gasteiger partial charge in [0.25, 0.3) is 0 Å². The number of hydrogen-bond acceptors (Lipinski definition) is 0. The van der Waals surface area contributed by atoms with Crippen molar-refractivity contribution < 1.29 is 0 Å². The van der Waals surface area contributed by atoms with Crippen molar-refractivity contribution in [3.05, 3.63) is 192 Å². The van der Waals surface area contributed by atoms with Crippen LogP contribution in [0.5, 0.6) is 0 Å². The van der Waals surface area contributed by atoms with Gasteiger partial charge in [-0.2, -0.15) is 0 Å². The van der Waals surface area contributed by atoms with Crippen LogP contribution in [-0.4, -0.2) is 0 Å². The third-order valence-electron chi connectivity index (χ3n) is 8.07. The molecule has 0 radical (unpaired) electrons. The van der Waals surface area contributed by atoms with E-state index in [0.29, 0.717) is 0 Å². The zero-order valence-corrected chi connectivity index (χ0v) is 25.6. The maximum Gasteiger partial charge on any atom is -0.0102 e. The Labute approximate surface area is 258 Å². The van der Waals surface area contributed by atoms with E-state index in [1.54, 1.807) is 0 Å². The van der Waals surface area contributed by atoms with E-state index in [2.05, 4.69) is 173 Å². The van der Waals surface area contributed by atoms with Crippen LogP contribution in [0.3, 0.4) is 0 Å². The normalized spacial score (nSPS) is 14.7. The predicted molar refractivity (Wildman–Crippen MR) is 190 cm³/mol. The van der Waals surface area contributed by atoms with E-state index in [4.69, 9.17) is 0 Å². The molecule has 0 heterocycles. The van der Waals surface area contributed by atoms with Gasteiger partial charge in [-0.25, -0.2) is 0 Å². The monoisotopic (exact) mass is 556 g/mol. The largest absolute Gasteiger partial charge is 0.0990 e. The molecule has 0 aliphatic heterocycles. The van der Waals surface area contributed by atoms with E-state index >= 15 is 0 Å². The topological polar surface area (TPSA) is 0 Å². The first-order chi connectivity index (χ1) is 21.2. The summed E-state index contributed by atoms with van der Waals surface area (Å²) in [6.45, 7) is 10.5. The van der Waals surface area contributed by atoms with Crippen LogP contribution < -0.4 is 0 Å². The van der Waals surface area contributed by atoms with Crippen LogP contribution in [0.25, 0.3) is 33.4 Å². The third-order valence-corrected chi connectivity index (χ3v) is 8.07. The van der Waals surface area contributed by atoms with Crippen molar-refractivity contribution in [1.29, 1.82) is 0 Å². The van der Waals surface area contributed by atoms with Crippen molar-refractivity contribution in [2.75, 3.05) is 0 Å². The first kappa shape index (κ1) is 29.5. The first-order valence-corrected chi connectivity index (χ1v) is 15.2. The van der Waals surface area contributed by atoms with Crippen LogP contribution in [0, 0.1) is 0 Å². The van der Waals surface area contributed by atoms with Crippen molar-refractivity contribution in [2.45, 2.75) is 33.6 Å². The summed E-state index contributed by atoms with van der Waals surface area (Å²) in [5.74, 6) is 0. The van der Waals surface area contributed by atoms with E-state index < -0.39 is 0 Å². The number of benzene rings is 4. The second-order valence-corrected chi connectivity index (χ2v) is 10.6. The zero-order chi connectivity index (χ0) is 30.0. The Morgan fingerprint density at radius 1 is 0.488 bits per heavy atom. The minimum Gasteiger partial charge on any atom is -0.0990 e. The Hall–Kier alpha value is -4.94. The van der Waals surface area contributed by atoms with Gasteiger partial charge in [0.15, 0.2) is 0 Å². The van der Waals surface area contributed by atoms with Gasteiger partial charge >= 0.3 is 0 Å². The molecule has 1 aliphatic rings. The Morgan fingerprint density at radius 3 is 1.33 bits per heavy atom. The number of hydrogen-bond donors (Lipinski definition) is 0. The van der Waals surface area contributed by atoms with E-state index in [1.165, 1.54) is 66.8 Å². The molecule has 0 N–H and O–H groups in total. The van der Waals surface area contributed by atoms with Gasteiger partial charge in [-0.05, 0) is 100 Å². The highest BCUT2D eigenvalue weighted by molar-refractivity contribution is 6.15.